The molecule has 0 aromatic heterocycles. The van der Waals surface area contributed by atoms with E-state index in [4.69, 9.17) is 15.2 Å². The summed E-state index contributed by atoms with van der Waals surface area (Å²) in [4.78, 5) is 11.9. The van der Waals surface area contributed by atoms with Gasteiger partial charge >= 0.3 is 0 Å². The first-order valence-corrected chi connectivity index (χ1v) is 6.93. The number of rotatable bonds is 5. The Morgan fingerprint density at radius 2 is 1.91 bits per heavy atom. The number of nitrogens with two attached hydrogens (primary N) is 1. The predicted octanol–water partition coefficient (Wildman–Crippen LogP) is 2.91. The standard InChI is InChI=1S/C17H20N2O3/c1-11-4-5-12(2)16(8-11)22-10-17(20)19-13-6-7-15(21-3)14(18)9-13/h4-9H,10,18H2,1-3H3,(H,19,20). The van der Waals surface area contributed by atoms with Crippen molar-refractivity contribution in [1.82, 2.24) is 0 Å². The molecule has 0 bridgehead atoms. The Morgan fingerprint density at radius 1 is 1.14 bits per heavy atom. The Balaban J connectivity index is 1.95. The summed E-state index contributed by atoms with van der Waals surface area (Å²) in [6.07, 6.45) is 0. The first-order valence-electron chi connectivity index (χ1n) is 6.93. The molecule has 2 aromatic carbocycles. The molecule has 0 aliphatic carbocycles. The van der Waals surface area contributed by atoms with E-state index in [2.05, 4.69) is 5.32 Å². The zero-order chi connectivity index (χ0) is 16.1. The summed E-state index contributed by atoms with van der Waals surface area (Å²) < 4.78 is 10.6. The highest BCUT2D eigenvalue weighted by Gasteiger charge is 2.07. The SMILES string of the molecule is COc1ccc(NC(=O)COc2cc(C)ccc2C)cc1N. The van der Waals surface area contributed by atoms with Crippen molar-refractivity contribution in [3.05, 3.63) is 47.5 Å². The number of ether oxygens (including phenoxy) is 2. The number of nitrogen functional groups attached to an aromatic ring is 1. The lowest BCUT2D eigenvalue weighted by Gasteiger charge is -2.11. The number of methoxy groups -OCH3 is 1. The van der Waals surface area contributed by atoms with Crippen molar-refractivity contribution in [2.45, 2.75) is 13.8 Å². The number of anilines is 2. The van der Waals surface area contributed by atoms with Gasteiger partial charge in [-0.3, -0.25) is 4.79 Å². The molecule has 3 N–H and O–H groups in total. The molecule has 1 amide bonds. The van der Waals surface area contributed by atoms with Gasteiger partial charge in [0.15, 0.2) is 6.61 Å². The first kappa shape index (κ1) is 15.7. The van der Waals surface area contributed by atoms with Crippen LogP contribution in [-0.2, 0) is 4.79 Å². The Hall–Kier alpha value is -2.69. The predicted molar refractivity (Wildman–Crippen MR) is 87.4 cm³/mol. The largest absolute Gasteiger partial charge is 0.495 e. The Labute approximate surface area is 130 Å². The van der Waals surface area contributed by atoms with Crippen LogP contribution in [0.1, 0.15) is 11.1 Å². The molecule has 0 aliphatic rings. The van der Waals surface area contributed by atoms with E-state index in [0.717, 1.165) is 11.1 Å². The van der Waals surface area contributed by atoms with Crippen LogP contribution in [0.4, 0.5) is 11.4 Å². The third-order valence-corrected chi connectivity index (χ3v) is 3.22. The highest BCUT2D eigenvalue weighted by atomic mass is 16.5. The van der Waals surface area contributed by atoms with Crippen LogP contribution in [0.15, 0.2) is 36.4 Å². The van der Waals surface area contributed by atoms with Crippen LogP contribution in [0, 0.1) is 13.8 Å². The number of hydrogen-bond donors (Lipinski definition) is 2. The normalized spacial score (nSPS) is 10.1. The molecule has 2 aromatic rings. The average Bonchev–Trinajstić information content (AvgIpc) is 2.48. The van der Waals surface area contributed by atoms with Gasteiger partial charge in [0.1, 0.15) is 11.5 Å². The number of amides is 1. The highest BCUT2D eigenvalue weighted by Crippen LogP contribution is 2.24. The molecule has 5 nitrogen and oxygen atoms in total. The molecule has 0 radical (unpaired) electrons. The van der Waals surface area contributed by atoms with Crippen molar-refractivity contribution in [2.24, 2.45) is 0 Å². The summed E-state index contributed by atoms with van der Waals surface area (Å²) in [5, 5.41) is 2.74. The van der Waals surface area contributed by atoms with E-state index in [1.54, 1.807) is 25.3 Å². The minimum atomic E-state index is -0.245. The summed E-state index contributed by atoms with van der Waals surface area (Å²) >= 11 is 0. The van der Waals surface area contributed by atoms with Gasteiger partial charge in [0, 0.05) is 5.69 Å². The van der Waals surface area contributed by atoms with Crippen molar-refractivity contribution >= 4 is 17.3 Å². The van der Waals surface area contributed by atoms with Crippen LogP contribution < -0.4 is 20.5 Å². The van der Waals surface area contributed by atoms with Crippen LogP contribution in [0.5, 0.6) is 11.5 Å². The molecule has 0 saturated heterocycles. The fourth-order valence-electron chi connectivity index (χ4n) is 2.02. The molecule has 0 saturated carbocycles. The molecule has 0 unspecified atom stereocenters. The molecule has 2 rings (SSSR count). The van der Waals surface area contributed by atoms with Crippen LogP contribution >= 0.6 is 0 Å². The molecule has 5 heteroatoms. The van der Waals surface area contributed by atoms with Gasteiger partial charge in [0.05, 0.1) is 12.8 Å². The number of carbonyl (C=O) groups is 1. The summed E-state index contributed by atoms with van der Waals surface area (Å²) in [5.74, 6) is 1.04. The number of benzene rings is 2. The van der Waals surface area contributed by atoms with Crippen molar-refractivity contribution in [3.63, 3.8) is 0 Å². The lowest BCUT2D eigenvalue weighted by atomic mass is 10.1. The third kappa shape index (κ3) is 3.91. The van der Waals surface area contributed by atoms with Gasteiger partial charge in [0.25, 0.3) is 5.91 Å². The number of nitrogens with one attached hydrogen (secondary N) is 1. The van der Waals surface area contributed by atoms with Crippen LogP contribution in [0.3, 0.4) is 0 Å². The average molecular weight is 300 g/mol. The van der Waals surface area contributed by atoms with Gasteiger partial charge in [-0.25, -0.2) is 0 Å². The molecular weight excluding hydrogens is 280 g/mol. The summed E-state index contributed by atoms with van der Waals surface area (Å²) in [6.45, 7) is 3.86. The Bertz CT molecular complexity index is 684. The second-order valence-corrected chi connectivity index (χ2v) is 5.06. The van der Waals surface area contributed by atoms with E-state index in [1.165, 1.54) is 0 Å². The quantitative estimate of drug-likeness (QED) is 0.833. The van der Waals surface area contributed by atoms with Crippen molar-refractivity contribution in [3.8, 4) is 11.5 Å². The number of carbonyl (C=O) groups excluding carboxylic acids is 1. The second kappa shape index (κ2) is 6.85. The molecule has 0 fully saturated rings. The van der Waals surface area contributed by atoms with Crippen LogP contribution in [0.2, 0.25) is 0 Å². The smallest absolute Gasteiger partial charge is 0.262 e. The Morgan fingerprint density at radius 3 is 2.59 bits per heavy atom. The van der Waals surface area contributed by atoms with E-state index in [0.29, 0.717) is 22.9 Å². The molecule has 116 valence electrons. The zero-order valence-corrected chi connectivity index (χ0v) is 13.0. The minimum absolute atomic E-state index is 0.0593. The van der Waals surface area contributed by atoms with Crippen molar-refractivity contribution < 1.29 is 14.3 Å². The second-order valence-electron chi connectivity index (χ2n) is 5.06. The summed E-state index contributed by atoms with van der Waals surface area (Å²) in [6, 6.07) is 11.0. The van der Waals surface area contributed by atoms with Gasteiger partial charge in [-0.15, -0.1) is 0 Å². The van der Waals surface area contributed by atoms with E-state index < -0.39 is 0 Å². The lowest BCUT2D eigenvalue weighted by Crippen LogP contribution is -2.20. The maximum Gasteiger partial charge on any atom is 0.262 e. The molecule has 22 heavy (non-hydrogen) atoms. The third-order valence-electron chi connectivity index (χ3n) is 3.22. The number of hydrogen-bond acceptors (Lipinski definition) is 4. The first-order chi connectivity index (χ1) is 10.5. The molecule has 0 heterocycles. The topological polar surface area (TPSA) is 73.6 Å². The van der Waals surface area contributed by atoms with Gasteiger partial charge in [-0.05, 0) is 49.2 Å². The fourth-order valence-corrected chi connectivity index (χ4v) is 2.02. The Kier molecular flexibility index (Phi) is 4.88. The van der Waals surface area contributed by atoms with Gasteiger partial charge < -0.3 is 20.5 Å². The molecule has 0 spiro atoms. The van der Waals surface area contributed by atoms with E-state index in [-0.39, 0.29) is 12.5 Å². The minimum Gasteiger partial charge on any atom is -0.495 e. The van der Waals surface area contributed by atoms with Gasteiger partial charge in [-0.1, -0.05) is 12.1 Å². The molecule has 0 atom stereocenters. The van der Waals surface area contributed by atoms with Crippen LogP contribution in [-0.4, -0.2) is 19.6 Å². The van der Waals surface area contributed by atoms with Crippen molar-refractivity contribution in [1.29, 1.82) is 0 Å². The van der Waals surface area contributed by atoms with E-state index in [1.807, 2.05) is 32.0 Å². The van der Waals surface area contributed by atoms with Crippen molar-refractivity contribution in [2.75, 3.05) is 24.8 Å². The number of aryl methyl sites for hydroxylation is 2. The summed E-state index contributed by atoms with van der Waals surface area (Å²) in [5.41, 5.74) is 8.95. The lowest BCUT2D eigenvalue weighted by molar-refractivity contribution is -0.118. The fraction of sp³-hybridized carbons (Fsp3) is 0.235. The highest BCUT2D eigenvalue weighted by molar-refractivity contribution is 5.92. The molecule has 0 aliphatic heterocycles. The molecular formula is C17H20N2O3. The van der Waals surface area contributed by atoms with Gasteiger partial charge in [-0.2, -0.15) is 0 Å². The maximum atomic E-state index is 11.9. The van der Waals surface area contributed by atoms with E-state index in [9.17, 15) is 4.79 Å². The van der Waals surface area contributed by atoms with E-state index >= 15 is 0 Å². The monoisotopic (exact) mass is 300 g/mol. The van der Waals surface area contributed by atoms with Crippen LogP contribution in [0.25, 0.3) is 0 Å². The summed E-state index contributed by atoms with van der Waals surface area (Å²) in [7, 11) is 1.54. The maximum absolute atomic E-state index is 11.9. The van der Waals surface area contributed by atoms with Gasteiger partial charge in [0.2, 0.25) is 0 Å². The zero-order valence-electron chi connectivity index (χ0n) is 13.0.